The first-order chi connectivity index (χ1) is 14.7. The molecule has 0 radical (unpaired) electrons. The summed E-state index contributed by atoms with van der Waals surface area (Å²) in [5.74, 6) is 0.287. The molecule has 0 aliphatic carbocycles. The van der Waals surface area contributed by atoms with Gasteiger partial charge in [-0.15, -0.1) is 0 Å². The summed E-state index contributed by atoms with van der Waals surface area (Å²) in [6, 6.07) is 15.3. The van der Waals surface area contributed by atoms with Gasteiger partial charge in [-0.2, -0.15) is 0 Å². The molecule has 1 amide bonds. The van der Waals surface area contributed by atoms with Gasteiger partial charge in [0, 0.05) is 25.3 Å². The standard InChI is InChI=1S/C25H34N4O/c1-20-6-4-7-21(16-20)18-28-14-10-24(11-15-28)29-13-5-8-22(19-29)25(30)27-17-23-9-2-3-12-26-23/h2-4,6-7,9,12,16,22,24H,5,8,10-11,13-15,17-19H2,1H3,(H,27,30)/t22-/m1/s1. The van der Waals surface area contributed by atoms with Crippen LogP contribution in [0.4, 0.5) is 0 Å². The van der Waals surface area contributed by atoms with Gasteiger partial charge in [0.05, 0.1) is 18.2 Å². The Hall–Kier alpha value is -2.24. The van der Waals surface area contributed by atoms with Crippen molar-refractivity contribution in [1.82, 2.24) is 20.1 Å². The summed E-state index contributed by atoms with van der Waals surface area (Å²) in [5.41, 5.74) is 3.67. The summed E-state index contributed by atoms with van der Waals surface area (Å²) in [5, 5.41) is 3.09. The summed E-state index contributed by atoms with van der Waals surface area (Å²) in [6.07, 6.45) is 6.29. The molecule has 1 aromatic heterocycles. The average Bonchev–Trinajstić information content (AvgIpc) is 2.79. The molecule has 1 aromatic carbocycles. The average molecular weight is 407 g/mol. The van der Waals surface area contributed by atoms with Crippen molar-refractivity contribution in [2.24, 2.45) is 5.92 Å². The topological polar surface area (TPSA) is 48.5 Å². The van der Waals surface area contributed by atoms with Crippen LogP contribution in [-0.2, 0) is 17.9 Å². The molecule has 2 aliphatic rings. The summed E-state index contributed by atoms with van der Waals surface area (Å²) in [7, 11) is 0. The van der Waals surface area contributed by atoms with Crippen LogP contribution in [0.3, 0.4) is 0 Å². The molecule has 160 valence electrons. The van der Waals surface area contributed by atoms with E-state index in [4.69, 9.17) is 0 Å². The van der Waals surface area contributed by atoms with E-state index in [-0.39, 0.29) is 11.8 Å². The summed E-state index contributed by atoms with van der Waals surface area (Å²) < 4.78 is 0. The third-order valence-corrected chi connectivity index (χ3v) is 6.56. The van der Waals surface area contributed by atoms with Crippen molar-refractivity contribution in [3.8, 4) is 0 Å². The van der Waals surface area contributed by atoms with Gasteiger partial charge in [-0.05, 0) is 69.9 Å². The highest BCUT2D eigenvalue weighted by molar-refractivity contribution is 5.78. The molecular weight excluding hydrogens is 372 g/mol. The van der Waals surface area contributed by atoms with Crippen LogP contribution in [0.15, 0.2) is 48.7 Å². The smallest absolute Gasteiger partial charge is 0.224 e. The lowest BCUT2D eigenvalue weighted by atomic mass is 9.93. The molecule has 2 aromatic rings. The van der Waals surface area contributed by atoms with Crippen LogP contribution in [0.5, 0.6) is 0 Å². The first-order valence-electron chi connectivity index (χ1n) is 11.4. The van der Waals surface area contributed by atoms with Gasteiger partial charge in [-0.3, -0.25) is 19.6 Å². The third kappa shape index (κ3) is 5.67. The maximum absolute atomic E-state index is 12.7. The minimum Gasteiger partial charge on any atom is -0.350 e. The third-order valence-electron chi connectivity index (χ3n) is 6.56. The summed E-state index contributed by atoms with van der Waals surface area (Å²) in [4.78, 5) is 22.2. The van der Waals surface area contributed by atoms with Gasteiger partial charge in [-0.1, -0.05) is 35.9 Å². The molecule has 0 bridgehead atoms. The van der Waals surface area contributed by atoms with Crippen molar-refractivity contribution in [3.05, 3.63) is 65.5 Å². The molecule has 4 rings (SSSR count). The zero-order valence-electron chi connectivity index (χ0n) is 18.1. The molecule has 0 unspecified atom stereocenters. The predicted molar refractivity (Wildman–Crippen MR) is 120 cm³/mol. The van der Waals surface area contributed by atoms with Crippen LogP contribution in [0.1, 0.15) is 42.5 Å². The monoisotopic (exact) mass is 406 g/mol. The minimum absolute atomic E-state index is 0.104. The number of likely N-dealkylation sites (tertiary alicyclic amines) is 2. The van der Waals surface area contributed by atoms with E-state index in [9.17, 15) is 4.79 Å². The molecule has 5 heteroatoms. The molecule has 3 heterocycles. The van der Waals surface area contributed by atoms with Gasteiger partial charge in [0.15, 0.2) is 0 Å². The normalized spacial score (nSPS) is 21.4. The fourth-order valence-electron chi connectivity index (χ4n) is 4.89. The number of hydrogen-bond acceptors (Lipinski definition) is 4. The van der Waals surface area contributed by atoms with E-state index >= 15 is 0 Å². The van der Waals surface area contributed by atoms with Crippen LogP contribution in [0, 0.1) is 12.8 Å². The maximum atomic E-state index is 12.7. The Kier molecular flexibility index (Phi) is 7.13. The molecule has 2 aliphatic heterocycles. The van der Waals surface area contributed by atoms with Crippen molar-refractivity contribution in [3.63, 3.8) is 0 Å². The number of rotatable bonds is 6. The maximum Gasteiger partial charge on any atom is 0.224 e. The van der Waals surface area contributed by atoms with E-state index in [1.54, 1.807) is 6.20 Å². The van der Waals surface area contributed by atoms with Crippen molar-refractivity contribution >= 4 is 5.91 Å². The van der Waals surface area contributed by atoms with E-state index in [1.165, 1.54) is 24.0 Å². The Labute approximate surface area is 180 Å². The second-order valence-electron chi connectivity index (χ2n) is 8.87. The van der Waals surface area contributed by atoms with Gasteiger partial charge in [0.1, 0.15) is 0 Å². The zero-order chi connectivity index (χ0) is 20.8. The van der Waals surface area contributed by atoms with Crippen LogP contribution >= 0.6 is 0 Å². The van der Waals surface area contributed by atoms with Crippen LogP contribution in [-0.4, -0.2) is 52.9 Å². The van der Waals surface area contributed by atoms with E-state index in [0.29, 0.717) is 12.6 Å². The van der Waals surface area contributed by atoms with E-state index in [2.05, 4.69) is 51.3 Å². The molecule has 30 heavy (non-hydrogen) atoms. The number of amides is 1. The number of aromatic nitrogens is 1. The molecule has 2 saturated heterocycles. The van der Waals surface area contributed by atoms with Gasteiger partial charge in [0.2, 0.25) is 5.91 Å². The van der Waals surface area contributed by atoms with Gasteiger partial charge >= 0.3 is 0 Å². The molecule has 1 N–H and O–H groups in total. The van der Waals surface area contributed by atoms with E-state index in [0.717, 1.165) is 51.3 Å². The molecule has 0 saturated carbocycles. The Morgan fingerprint density at radius 3 is 2.73 bits per heavy atom. The van der Waals surface area contributed by atoms with Gasteiger partial charge < -0.3 is 5.32 Å². The van der Waals surface area contributed by atoms with E-state index < -0.39 is 0 Å². The van der Waals surface area contributed by atoms with Crippen molar-refractivity contribution in [2.75, 3.05) is 26.2 Å². The number of hydrogen-bond donors (Lipinski definition) is 1. The second kappa shape index (κ2) is 10.2. The first-order valence-corrected chi connectivity index (χ1v) is 11.4. The first kappa shape index (κ1) is 21.0. The lowest BCUT2D eigenvalue weighted by Gasteiger charge is -2.42. The highest BCUT2D eigenvalue weighted by atomic mass is 16.1. The molecule has 0 spiro atoms. The number of pyridine rings is 1. The number of aryl methyl sites for hydroxylation is 1. The predicted octanol–water partition coefficient (Wildman–Crippen LogP) is 3.38. The number of piperidine rings is 2. The summed E-state index contributed by atoms with van der Waals surface area (Å²) in [6.45, 7) is 8.05. The number of nitrogens with one attached hydrogen (secondary N) is 1. The second-order valence-corrected chi connectivity index (χ2v) is 8.87. The summed E-state index contributed by atoms with van der Waals surface area (Å²) >= 11 is 0. The Morgan fingerprint density at radius 1 is 1.10 bits per heavy atom. The van der Waals surface area contributed by atoms with Crippen LogP contribution in [0.2, 0.25) is 0 Å². The molecule has 1 atom stereocenters. The number of carbonyl (C=O) groups is 1. The fourth-order valence-corrected chi connectivity index (χ4v) is 4.89. The number of benzene rings is 1. The highest BCUT2D eigenvalue weighted by Gasteiger charge is 2.31. The quantitative estimate of drug-likeness (QED) is 0.799. The largest absolute Gasteiger partial charge is 0.350 e. The molecule has 5 nitrogen and oxygen atoms in total. The lowest BCUT2D eigenvalue weighted by molar-refractivity contribution is -0.127. The molecule has 2 fully saturated rings. The minimum atomic E-state index is 0.104. The van der Waals surface area contributed by atoms with Gasteiger partial charge in [-0.25, -0.2) is 0 Å². The SMILES string of the molecule is Cc1cccc(CN2CCC(N3CCC[C@@H](C(=O)NCc4ccccn4)C3)CC2)c1. The Morgan fingerprint density at radius 2 is 1.97 bits per heavy atom. The van der Waals surface area contributed by atoms with Crippen molar-refractivity contribution in [1.29, 1.82) is 0 Å². The van der Waals surface area contributed by atoms with Crippen molar-refractivity contribution < 1.29 is 4.79 Å². The van der Waals surface area contributed by atoms with E-state index in [1.807, 2.05) is 18.2 Å². The molecular formula is C25H34N4O. The van der Waals surface area contributed by atoms with Crippen LogP contribution < -0.4 is 5.32 Å². The number of carbonyl (C=O) groups excluding carboxylic acids is 1. The lowest BCUT2D eigenvalue weighted by Crippen LogP contribution is -2.50. The Bertz CT molecular complexity index is 817. The van der Waals surface area contributed by atoms with Crippen molar-refractivity contribution in [2.45, 2.75) is 51.7 Å². The number of nitrogens with zero attached hydrogens (tertiary/aromatic N) is 3. The van der Waals surface area contributed by atoms with Gasteiger partial charge in [0.25, 0.3) is 0 Å². The highest BCUT2D eigenvalue weighted by Crippen LogP contribution is 2.25. The fraction of sp³-hybridized carbons (Fsp3) is 0.520. The zero-order valence-corrected chi connectivity index (χ0v) is 18.1. The Balaban J connectivity index is 1.23. The van der Waals surface area contributed by atoms with Crippen LogP contribution in [0.25, 0.3) is 0 Å².